The third kappa shape index (κ3) is 4.41. The lowest BCUT2D eigenvalue weighted by atomic mass is 10.1. The van der Waals surface area contributed by atoms with Gasteiger partial charge in [-0.15, -0.1) is 0 Å². The van der Waals surface area contributed by atoms with Crippen LogP contribution in [-0.4, -0.2) is 49.6 Å². The number of nitrogens with zero attached hydrogens (tertiary/aromatic N) is 3. The third-order valence-corrected chi connectivity index (χ3v) is 7.61. The molecule has 0 bridgehead atoms. The molecule has 9 heteroatoms. The average molecular weight is 460 g/mol. The van der Waals surface area contributed by atoms with Crippen molar-refractivity contribution in [2.45, 2.75) is 31.7 Å². The number of sulfonamides is 1. The fraction of sp³-hybridized carbons (Fsp3) is 0.348. The number of halogens is 1. The van der Waals surface area contributed by atoms with Gasteiger partial charge in [-0.05, 0) is 56.2 Å². The summed E-state index contributed by atoms with van der Waals surface area (Å²) in [5, 5.41) is 3.98. The summed E-state index contributed by atoms with van der Waals surface area (Å²) in [6.45, 7) is 5.69. The minimum Gasteiger partial charge on any atom is -0.495 e. The first-order valence-electron chi connectivity index (χ1n) is 10.4. The molecule has 1 aliphatic rings. The van der Waals surface area contributed by atoms with E-state index in [1.165, 1.54) is 23.5 Å². The highest BCUT2D eigenvalue weighted by molar-refractivity contribution is 7.89. The molecular weight excluding hydrogens is 433 g/mol. The van der Waals surface area contributed by atoms with E-state index in [9.17, 15) is 12.8 Å². The summed E-state index contributed by atoms with van der Waals surface area (Å²) in [4.78, 5) is 2.13. The van der Waals surface area contributed by atoms with Gasteiger partial charge in [-0.3, -0.25) is 4.90 Å². The number of ether oxygens (including phenoxy) is 1. The topological polar surface area (TPSA) is 75.9 Å². The van der Waals surface area contributed by atoms with Gasteiger partial charge >= 0.3 is 0 Å². The normalized spacial score (nSPS) is 15.8. The van der Waals surface area contributed by atoms with E-state index < -0.39 is 10.0 Å². The Morgan fingerprint density at radius 2 is 1.88 bits per heavy atom. The molecule has 2 aromatic carbocycles. The van der Waals surface area contributed by atoms with E-state index in [0.29, 0.717) is 30.8 Å². The van der Waals surface area contributed by atoms with E-state index >= 15 is 0 Å². The molecule has 0 radical (unpaired) electrons. The van der Waals surface area contributed by atoms with Gasteiger partial charge in [0.1, 0.15) is 16.5 Å². The highest BCUT2D eigenvalue weighted by atomic mass is 32.2. The summed E-state index contributed by atoms with van der Waals surface area (Å²) in [6.07, 6.45) is 0.697. The minimum atomic E-state index is -3.83. The smallest absolute Gasteiger partial charge is 0.247 e. The van der Waals surface area contributed by atoms with Gasteiger partial charge in [-0.1, -0.05) is 17.3 Å². The van der Waals surface area contributed by atoms with Crippen molar-refractivity contribution >= 4 is 10.0 Å². The van der Waals surface area contributed by atoms with Crippen molar-refractivity contribution in [2.75, 3.05) is 26.9 Å². The number of aryl methyl sites for hydroxylation is 1. The van der Waals surface area contributed by atoms with Crippen LogP contribution in [0.5, 0.6) is 5.75 Å². The van der Waals surface area contributed by atoms with Crippen LogP contribution in [0.4, 0.5) is 4.39 Å². The van der Waals surface area contributed by atoms with Crippen LogP contribution in [-0.2, 0) is 16.6 Å². The summed E-state index contributed by atoms with van der Waals surface area (Å²) in [5.41, 5.74) is 3.18. The molecular formula is C23H26FN3O4S. The molecule has 0 aliphatic carbocycles. The fourth-order valence-corrected chi connectivity index (χ4v) is 5.50. The van der Waals surface area contributed by atoms with E-state index in [1.54, 1.807) is 30.3 Å². The lowest BCUT2D eigenvalue weighted by Gasteiger charge is -2.35. The van der Waals surface area contributed by atoms with Crippen LogP contribution < -0.4 is 4.74 Å². The number of hydrogen-bond acceptors (Lipinski definition) is 6. The first-order chi connectivity index (χ1) is 15.3. The third-order valence-electron chi connectivity index (χ3n) is 5.76. The van der Waals surface area contributed by atoms with Gasteiger partial charge in [-0.25, -0.2) is 12.8 Å². The summed E-state index contributed by atoms with van der Waals surface area (Å²) in [7, 11) is -2.38. The molecule has 1 aromatic heterocycles. The number of benzene rings is 2. The van der Waals surface area contributed by atoms with Gasteiger partial charge < -0.3 is 9.26 Å². The number of aromatic nitrogens is 1. The summed E-state index contributed by atoms with van der Waals surface area (Å²) in [6, 6.07) is 11.3. The zero-order valence-corrected chi connectivity index (χ0v) is 19.2. The SMILES string of the molecule is COc1ccc(-c2onc(C)c2C)cc1S(=O)(=O)N1CCCN(Cc2ccc(F)cc2)C1. The van der Waals surface area contributed by atoms with Crippen molar-refractivity contribution in [1.82, 2.24) is 14.4 Å². The standard InChI is InChI=1S/C23H26FN3O4S/c1-16-17(2)25-31-23(16)19-7-10-21(30-3)22(13-19)32(28,29)27-12-4-11-26(15-27)14-18-5-8-20(24)9-6-18/h5-10,13H,4,11-12,14-15H2,1-3H3. The minimum absolute atomic E-state index is 0.0922. The molecule has 0 saturated carbocycles. The summed E-state index contributed by atoms with van der Waals surface area (Å²) < 4.78 is 52.7. The monoisotopic (exact) mass is 459 g/mol. The Hall–Kier alpha value is -2.75. The molecule has 0 amide bonds. The molecule has 32 heavy (non-hydrogen) atoms. The van der Waals surface area contributed by atoms with Gasteiger partial charge in [0, 0.05) is 30.8 Å². The quantitative estimate of drug-likeness (QED) is 0.555. The van der Waals surface area contributed by atoms with E-state index in [0.717, 1.165) is 23.4 Å². The molecule has 0 atom stereocenters. The van der Waals surface area contributed by atoms with Crippen molar-refractivity contribution in [3.05, 3.63) is 65.1 Å². The number of methoxy groups -OCH3 is 1. The van der Waals surface area contributed by atoms with Crippen LogP contribution in [0, 0.1) is 19.7 Å². The van der Waals surface area contributed by atoms with Gasteiger partial charge in [0.15, 0.2) is 5.76 Å². The van der Waals surface area contributed by atoms with Crippen LogP contribution in [0.2, 0.25) is 0 Å². The van der Waals surface area contributed by atoms with Crippen molar-refractivity contribution in [3.8, 4) is 17.1 Å². The Kier molecular flexibility index (Phi) is 6.32. The van der Waals surface area contributed by atoms with Crippen molar-refractivity contribution in [1.29, 1.82) is 0 Å². The maximum atomic E-state index is 13.6. The lowest BCUT2D eigenvalue weighted by Crippen LogP contribution is -2.47. The largest absolute Gasteiger partial charge is 0.495 e. The van der Waals surface area contributed by atoms with Gasteiger partial charge in [0.2, 0.25) is 10.0 Å². The van der Waals surface area contributed by atoms with E-state index in [4.69, 9.17) is 9.26 Å². The van der Waals surface area contributed by atoms with Gasteiger partial charge in [0.05, 0.1) is 19.5 Å². The van der Waals surface area contributed by atoms with Crippen LogP contribution >= 0.6 is 0 Å². The molecule has 0 N–H and O–H groups in total. The molecule has 3 aromatic rings. The van der Waals surface area contributed by atoms with Crippen LogP contribution in [0.25, 0.3) is 11.3 Å². The van der Waals surface area contributed by atoms with E-state index in [2.05, 4.69) is 5.16 Å². The zero-order chi connectivity index (χ0) is 22.9. The van der Waals surface area contributed by atoms with Crippen molar-refractivity contribution < 1.29 is 22.1 Å². The molecule has 170 valence electrons. The first kappa shape index (κ1) is 22.4. The van der Waals surface area contributed by atoms with E-state index in [1.807, 2.05) is 18.7 Å². The maximum absolute atomic E-state index is 13.6. The predicted octanol–water partition coefficient (Wildman–Crippen LogP) is 3.96. The summed E-state index contributed by atoms with van der Waals surface area (Å²) >= 11 is 0. The summed E-state index contributed by atoms with van der Waals surface area (Å²) in [5.74, 6) is 0.525. The van der Waals surface area contributed by atoms with Gasteiger partial charge in [0.25, 0.3) is 0 Å². The highest BCUT2D eigenvalue weighted by Crippen LogP contribution is 2.34. The maximum Gasteiger partial charge on any atom is 0.247 e. The molecule has 2 heterocycles. The molecule has 0 unspecified atom stereocenters. The van der Waals surface area contributed by atoms with Crippen LogP contribution in [0.3, 0.4) is 0 Å². The predicted molar refractivity (Wildman–Crippen MR) is 118 cm³/mol. The Morgan fingerprint density at radius 3 is 2.53 bits per heavy atom. The second kappa shape index (κ2) is 9.01. The molecule has 7 nitrogen and oxygen atoms in total. The van der Waals surface area contributed by atoms with Crippen molar-refractivity contribution in [2.24, 2.45) is 0 Å². The molecule has 4 rings (SSSR count). The highest BCUT2D eigenvalue weighted by Gasteiger charge is 2.32. The second-order valence-corrected chi connectivity index (χ2v) is 9.85. The number of rotatable bonds is 6. The lowest BCUT2D eigenvalue weighted by molar-refractivity contribution is 0.140. The first-order valence-corrected chi connectivity index (χ1v) is 11.8. The fourth-order valence-electron chi connectivity index (χ4n) is 3.85. The Bertz CT molecular complexity index is 1210. The van der Waals surface area contributed by atoms with Gasteiger partial charge in [-0.2, -0.15) is 4.31 Å². The zero-order valence-electron chi connectivity index (χ0n) is 18.3. The van der Waals surface area contributed by atoms with Crippen LogP contribution in [0.15, 0.2) is 51.9 Å². The molecule has 1 fully saturated rings. The Morgan fingerprint density at radius 1 is 1.12 bits per heavy atom. The average Bonchev–Trinajstić information content (AvgIpc) is 3.13. The Labute approximate surface area is 187 Å². The molecule has 1 aliphatic heterocycles. The number of hydrogen-bond donors (Lipinski definition) is 0. The second-order valence-electron chi connectivity index (χ2n) is 7.94. The molecule has 1 saturated heterocycles. The van der Waals surface area contributed by atoms with Crippen molar-refractivity contribution in [3.63, 3.8) is 0 Å². The Balaban J connectivity index is 1.62. The van der Waals surface area contributed by atoms with E-state index in [-0.39, 0.29) is 23.1 Å². The molecule has 0 spiro atoms. The van der Waals surface area contributed by atoms with Crippen LogP contribution in [0.1, 0.15) is 23.2 Å².